The van der Waals surface area contributed by atoms with Crippen molar-refractivity contribution in [2.75, 3.05) is 0 Å². The molecule has 0 unspecified atom stereocenters. The quantitative estimate of drug-likeness (QED) is 0.162. The Morgan fingerprint density at radius 1 is 0.226 bits per heavy atom. The minimum absolute atomic E-state index is 0.637. The molecule has 9 aromatic carbocycles. The molecule has 0 atom stereocenters. The van der Waals surface area contributed by atoms with Crippen molar-refractivity contribution in [1.82, 2.24) is 24.1 Å². The molecule has 0 radical (unpaired) electrons. The zero-order chi connectivity index (χ0) is 41.0. The maximum absolute atomic E-state index is 5.01. The number of para-hydroxylation sites is 3. The van der Waals surface area contributed by atoms with E-state index >= 15 is 0 Å². The summed E-state index contributed by atoms with van der Waals surface area (Å²) >= 11 is 0. The summed E-state index contributed by atoms with van der Waals surface area (Å²) in [6, 6.07) is 79.4. The summed E-state index contributed by atoms with van der Waals surface area (Å²) in [5, 5.41) is 4.90. The monoisotopic (exact) mass is 791 g/mol. The van der Waals surface area contributed by atoms with Crippen LogP contribution in [0.4, 0.5) is 0 Å². The van der Waals surface area contributed by atoms with Crippen LogP contribution in [-0.4, -0.2) is 24.1 Å². The van der Waals surface area contributed by atoms with Crippen molar-refractivity contribution in [1.29, 1.82) is 0 Å². The fraction of sp³-hybridized carbons (Fsp3) is 0. The van der Waals surface area contributed by atoms with E-state index in [0.717, 1.165) is 55.8 Å². The first-order chi connectivity index (χ1) is 30.7. The van der Waals surface area contributed by atoms with Crippen molar-refractivity contribution < 1.29 is 0 Å². The number of nitrogens with zero attached hydrogens (tertiary/aromatic N) is 5. The molecule has 12 rings (SSSR count). The smallest absolute Gasteiger partial charge is 0.164 e. The van der Waals surface area contributed by atoms with E-state index in [-0.39, 0.29) is 0 Å². The van der Waals surface area contributed by atoms with Gasteiger partial charge in [0.25, 0.3) is 0 Å². The second-order valence-corrected chi connectivity index (χ2v) is 15.7. The Hall–Kier alpha value is -8.41. The van der Waals surface area contributed by atoms with Crippen LogP contribution in [-0.2, 0) is 0 Å². The first-order valence-corrected chi connectivity index (χ1v) is 20.9. The van der Waals surface area contributed by atoms with Gasteiger partial charge in [-0.25, -0.2) is 15.0 Å². The zero-order valence-electron chi connectivity index (χ0n) is 33.6. The molecule has 0 aliphatic carbocycles. The van der Waals surface area contributed by atoms with E-state index in [2.05, 4.69) is 173 Å². The molecule has 0 N–H and O–H groups in total. The molecule has 0 spiro atoms. The van der Waals surface area contributed by atoms with Gasteiger partial charge in [-0.15, -0.1) is 0 Å². The van der Waals surface area contributed by atoms with Gasteiger partial charge in [-0.05, 0) is 82.9 Å². The third-order valence-corrected chi connectivity index (χ3v) is 12.0. The minimum atomic E-state index is 0.637. The summed E-state index contributed by atoms with van der Waals surface area (Å²) in [6.07, 6.45) is 0. The summed E-state index contributed by atoms with van der Waals surface area (Å²) in [5.74, 6) is 1.93. The van der Waals surface area contributed by atoms with Crippen molar-refractivity contribution in [3.8, 4) is 67.8 Å². The third kappa shape index (κ3) is 6.06. The lowest BCUT2D eigenvalue weighted by molar-refractivity contribution is 1.07. The number of benzene rings is 9. The maximum Gasteiger partial charge on any atom is 0.164 e. The summed E-state index contributed by atoms with van der Waals surface area (Å²) in [4.78, 5) is 14.9. The molecule has 5 heteroatoms. The van der Waals surface area contributed by atoms with Crippen LogP contribution in [0.2, 0.25) is 0 Å². The Balaban J connectivity index is 0.953. The molecule has 0 fully saturated rings. The molecule has 0 bridgehead atoms. The second kappa shape index (κ2) is 14.7. The Morgan fingerprint density at radius 3 is 1.32 bits per heavy atom. The van der Waals surface area contributed by atoms with Gasteiger partial charge < -0.3 is 9.13 Å². The average molecular weight is 792 g/mol. The van der Waals surface area contributed by atoms with Crippen molar-refractivity contribution in [3.05, 3.63) is 224 Å². The van der Waals surface area contributed by atoms with Crippen molar-refractivity contribution in [2.24, 2.45) is 0 Å². The number of aromatic nitrogens is 5. The summed E-state index contributed by atoms with van der Waals surface area (Å²) < 4.78 is 4.78. The Labute approximate surface area is 358 Å². The van der Waals surface area contributed by atoms with E-state index in [1.807, 2.05) is 60.7 Å². The molecule has 62 heavy (non-hydrogen) atoms. The highest BCUT2D eigenvalue weighted by atomic mass is 15.0. The van der Waals surface area contributed by atoms with E-state index in [9.17, 15) is 0 Å². The zero-order valence-corrected chi connectivity index (χ0v) is 33.6. The SMILES string of the molecule is c1ccc(-c2nc(-c3ccccc3)nc(-c3cccc(-c4ccc5c(c4)c4ccccc4n5-c4cccc(-c5ccc6c7ccccc7n(-c7ccccc7)c6c5)c4)c3)n2)cc1. The molecule has 3 aromatic heterocycles. The molecular formula is C57H37N5. The highest BCUT2D eigenvalue weighted by Crippen LogP contribution is 2.39. The van der Waals surface area contributed by atoms with Gasteiger partial charge in [0.1, 0.15) is 0 Å². The second-order valence-electron chi connectivity index (χ2n) is 15.7. The van der Waals surface area contributed by atoms with Gasteiger partial charge in [-0.2, -0.15) is 0 Å². The first-order valence-electron chi connectivity index (χ1n) is 20.9. The normalized spacial score (nSPS) is 11.5. The number of hydrogen-bond donors (Lipinski definition) is 0. The van der Waals surface area contributed by atoms with E-state index < -0.39 is 0 Å². The topological polar surface area (TPSA) is 48.5 Å². The predicted octanol–water partition coefficient (Wildman–Crippen LogP) is 14.4. The highest BCUT2D eigenvalue weighted by molar-refractivity contribution is 6.11. The Bertz CT molecular complexity index is 3570. The third-order valence-electron chi connectivity index (χ3n) is 12.0. The molecule has 0 aliphatic heterocycles. The molecule has 12 aromatic rings. The Morgan fingerprint density at radius 2 is 0.645 bits per heavy atom. The fourth-order valence-corrected chi connectivity index (χ4v) is 9.04. The fourth-order valence-electron chi connectivity index (χ4n) is 9.04. The van der Waals surface area contributed by atoms with Crippen LogP contribution in [0, 0.1) is 0 Å². The van der Waals surface area contributed by atoms with Crippen LogP contribution in [0.1, 0.15) is 0 Å². The number of fused-ring (bicyclic) bond motifs is 6. The van der Waals surface area contributed by atoms with Gasteiger partial charge in [0.05, 0.1) is 22.1 Å². The average Bonchev–Trinajstić information content (AvgIpc) is 3.87. The minimum Gasteiger partial charge on any atom is -0.309 e. The van der Waals surface area contributed by atoms with Crippen LogP contribution < -0.4 is 0 Å². The molecule has 0 saturated carbocycles. The van der Waals surface area contributed by atoms with E-state index in [4.69, 9.17) is 15.0 Å². The number of rotatable bonds is 7. The predicted molar refractivity (Wildman–Crippen MR) is 256 cm³/mol. The van der Waals surface area contributed by atoms with E-state index in [1.54, 1.807) is 0 Å². The van der Waals surface area contributed by atoms with Gasteiger partial charge in [-0.1, -0.05) is 164 Å². The van der Waals surface area contributed by atoms with Crippen molar-refractivity contribution in [3.63, 3.8) is 0 Å². The standard InChI is InChI=1S/C57H37N5/c1-4-16-38(17-5-1)55-58-56(39-18-6-2-7-19-39)60-57(59-55)44-22-14-20-40(34-44)42-31-33-53-50(36-42)48-27-11-13-29-52(48)62(53)46-25-15-21-41(35-46)43-30-32-49-47-26-10-12-28-51(47)61(54(49)37-43)45-23-8-3-9-24-45/h1-37H. The molecule has 290 valence electrons. The van der Waals surface area contributed by atoms with Crippen molar-refractivity contribution >= 4 is 43.6 Å². The molecule has 0 aliphatic rings. The van der Waals surface area contributed by atoms with Crippen LogP contribution in [0.5, 0.6) is 0 Å². The van der Waals surface area contributed by atoms with Gasteiger partial charge >= 0.3 is 0 Å². The lowest BCUT2D eigenvalue weighted by Crippen LogP contribution is -2.00. The molecular weight excluding hydrogens is 755 g/mol. The summed E-state index contributed by atoms with van der Waals surface area (Å²) in [7, 11) is 0. The molecule has 3 heterocycles. The lowest BCUT2D eigenvalue weighted by Gasteiger charge is -2.12. The van der Waals surface area contributed by atoms with Gasteiger partial charge in [0.15, 0.2) is 17.5 Å². The van der Waals surface area contributed by atoms with Crippen LogP contribution >= 0.6 is 0 Å². The van der Waals surface area contributed by atoms with Gasteiger partial charge in [0.2, 0.25) is 0 Å². The first kappa shape index (κ1) is 35.5. The van der Waals surface area contributed by atoms with Crippen LogP contribution in [0.3, 0.4) is 0 Å². The lowest BCUT2D eigenvalue weighted by atomic mass is 10.0. The van der Waals surface area contributed by atoms with Crippen LogP contribution in [0.25, 0.3) is 111 Å². The highest BCUT2D eigenvalue weighted by Gasteiger charge is 2.17. The van der Waals surface area contributed by atoms with Gasteiger partial charge in [-0.3, -0.25) is 0 Å². The largest absolute Gasteiger partial charge is 0.309 e. The molecule has 0 amide bonds. The van der Waals surface area contributed by atoms with E-state index in [0.29, 0.717) is 17.5 Å². The van der Waals surface area contributed by atoms with Gasteiger partial charge in [0, 0.05) is 49.6 Å². The number of hydrogen-bond acceptors (Lipinski definition) is 3. The summed E-state index contributed by atoms with van der Waals surface area (Å²) in [5.41, 5.74) is 14.4. The molecule has 0 saturated heterocycles. The maximum atomic E-state index is 5.01. The van der Waals surface area contributed by atoms with E-state index in [1.165, 1.54) is 38.1 Å². The summed E-state index contributed by atoms with van der Waals surface area (Å²) in [6.45, 7) is 0. The molecule has 5 nitrogen and oxygen atoms in total. The Kier molecular flexibility index (Phi) is 8.42. The van der Waals surface area contributed by atoms with Crippen molar-refractivity contribution in [2.45, 2.75) is 0 Å². The van der Waals surface area contributed by atoms with Crippen LogP contribution in [0.15, 0.2) is 224 Å².